The first kappa shape index (κ1) is 19.9. The van der Waals surface area contributed by atoms with Gasteiger partial charge in [0.05, 0.1) is 34.7 Å². The fourth-order valence-electron chi connectivity index (χ4n) is 2.68. The molecule has 0 aliphatic heterocycles. The second kappa shape index (κ2) is 8.04. The van der Waals surface area contributed by atoms with E-state index in [1.807, 2.05) is 19.1 Å². The van der Waals surface area contributed by atoms with Crippen LogP contribution in [-0.4, -0.2) is 30.5 Å². The van der Waals surface area contributed by atoms with E-state index >= 15 is 0 Å². The lowest BCUT2D eigenvalue weighted by atomic mass is 10.1. The van der Waals surface area contributed by atoms with Crippen LogP contribution in [0.5, 0.6) is 0 Å². The SMILES string of the molecule is CC(NC(=O)Nc1cnn(-c2ccccc2S(C)(=O)=O)c1)c1ccc(Cl)cc1. The number of amides is 2. The summed E-state index contributed by atoms with van der Waals surface area (Å²) in [5.41, 5.74) is 1.76. The van der Waals surface area contributed by atoms with Gasteiger partial charge in [0.2, 0.25) is 0 Å². The molecule has 1 heterocycles. The van der Waals surface area contributed by atoms with Crippen LogP contribution in [0.15, 0.2) is 65.8 Å². The molecule has 1 unspecified atom stereocenters. The Morgan fingerprint density at radius 3 is 2.50 bits per heavy atom. The zero-order chi connectivity index (χ0) is 20.3. The molecule has 0 radical (unpaired) electrons. The van der Waals surface area contributed by atoms with Crippen LogP contribution in [0.1, 0.15) is 18.5 Å². The highest BCUT2D eigenvalue weighted by molar-refractivity contribution is 7.90. The third-order valence-corrected chi connectivity index (χ3v) is 5.47. The van der Waals surface area contributed by atoms with E-state index in [9.17, 15) is 13.2 Å². The van der Waals surface area contributed by atoms with Gasteiger partial charge in [-0.1, -0.05) is 35.9 Å². The van der Waals surface area contributed by atoms with E-state index in [2.05, 4.69) is 15.7 Å². The largest absolute Gasteiger partial charge is 0.331 e. The first-order chi connectivity index (χ1) is 13.2. The highest BCUT2D eigenvalue weighted by atomic mass is 35.5. The Kier molecular flexibility index (Phi) is 5.71. The van der Waals surface area contributed by atoms with Crippen molar-refractivity contribution in [1.82, 2.24) is 15.1 Å². The number of carbonyl (C=O) groups excluding carboxylic acids is 1. The molecule has 3 aromatic rings. The standard InChI is InChI=1S/C19H19ClN4O3S/c1-13(14-7-9-15(20)10-8-14)22-19(25)23-16-11-21-24(12-16)17-5-3-4-6-18(17)28(2,26)27/h3-13H,1-2H3,(H2,22,23,25). The van der Waals surface area contributed by atoms with Crippen LogP contribution in [0.25, 0.3) is 5.69 Å². The first-order valence-electron chi connectivity index (χ1n) is 8.41. The Morgan fingerprint density at radius 1 is 1.14 bits per heavy atom. The number of hydrogen-bond donors (Lipinski definition) is 2. The van der Waals surface area contributed by atoms with E-state index < -0.39 is 15.9 Å². The van der Waals surface area contributed by atoms with Crippen molar-refractivity contribution in [3.63, 3.8) is 0 Å². The molecule has 2 N–H and O–H groups in total. The van der Waals surface area contributed by atoms with Gasteiger partial charge in [0, 0.05) is 11.3 Å². The van der Waals surface area contributed by atoms with Gasteiger partial charge in [0.25, 0.3) is 0 Å². The molecule has 1 aromatic heterocycles. The molecule has 0 bridgehead atoms. The van der Waals surface area contributed by atoms with Crippen LogP contribution in [0.2, 0.25) is 5.02 Å². The van der Waals surface area contributed by atoms with Gasteiger partial charge < -0.3 is 10.6 Å². The lowest BCUT2D eigenvalue weighted by molar-refractivity contribution is 0.249. The number of anilines is 1. The number of carbonyl (C=O) groups is 1. The second-order valence-electron chi connectivity index (χ2n) is 6.29. The van der Waals surface area contributed by atoms with Gasteiger partial charge in [0.1, 0.15) is 0 Å². The maximum absolute atomic E-state index is 12.3. The smallest absolute Gasteiger partial charge is 0.319 e. The van der Waals surface area contributed by atoms with Crippen molar-refractivity contribution in [1.29, 1.82) is 0 Å². The predicted molar refractivity (Wildman–Crippen MR) is 109 cm³/mol. The van der Waals surface area contributed by atoms with Crippen LogP contribution in [0.3, 0.4) is 0 Å². The third-order valence-electron chi connectivity index (χ3n) is 4.07. The molecule has 0 aliphatic carbocycles. The average Bonchev–Trinajstić information content (AvgIpc) is 3.09. The van der Waals surface area contributed by atoms with E-state index in [1.165, 1.54) is 16.9 Å². The van der Waals surface area contributed by atoms with Gasteiger partial charge in [-0.25, -0.2) is 17.9 Å². The fraction of sp³-hybridized carbons (Fsp3) is 0.158. The Balaban J connectivity index is 1.71. The minimum Gasteiger partial charge on any atom is -0.331 e. The molecule has 3 rings (SSSR count). The van der Waals surface area contributed by atoms with Gasteiger partial charge in [-0.3, -0.25) is 0 Å². The molecule has 28 heavy (non-hydrogen) atoms. The minimum atomic E-state index is -3.41. The van der Waals surface area contributed by atoms with Gasteiger partial charge in [-0.05, 0) is 36.8 Å². The summed E-state index contributed by atoms with van der Waals surface area (Å²) >= 11 is 5.87. The molecule has 146 valence electrons. The maximum atomic E-state index is 12.3. The number of hydrogen-bond acceptors (Lipinski definition) is 4. The highest BCUT2D eigenvalue weighted by Crippen LogP contribution is 2.21. The number of nitrogens with one attached hydrogen (secondary N) is 2. The molecule has 2 amide bonds. The Bertz CT molecular complexity index is 1090. The summed E-state index contributed by atoms with van der Waals surface area (Å²) in [6.45, 7) is 1.86. The minimum absolute atomic E-state index is 0.158. The van der Waals surface area contributed by atoms with Gasteiger partial charge >= 0.3 is 6.03 Å². The summed E-state index contributed by atoms with van der Waals surface area (Å²) in [6, 6.07) is 13.1. The highest BCUT2D eigenvalue weighted by Gasteiger charge is 2.16. The van der Waals surface area contributed by atoms with Crippen molar-refractivity contribution in [2.45, 2.75) is 17.9 Å². The zero-order valence-corrected chi connectivity index (χ0v) is 16.8. The molecule has 7 nitrogen and oxygen atoms in total. The third kappa shape index (κ3) is 4.71. The number of sulfone groups is 1. The van der Waals surface area contributed by atoms with Crippen LogP contribution in [0.4, 0.5) is 10.5 Å². The molecule has 9 heteroatoms. The van der Waals surface area contributed by atoms with E-state index in [0.717, 1.165) is 11.8 Å². The topological polar surface area (TPSA) is 93.1 Å². The summed E-state index contributed by atoms with van der Waals surface area (Å²) in [5.74, 6) is 0. The Labute approximate surface area is 168 Å². The molecule has 2 aromatic carbocycles. The van der Waals surface area contributed by atoms with E-state index in [4.69, 9.17) is 11.6 Å². The number of para-hydroxylation sites is 1. The quantitative estimate of drug-likeness (QED) is 0.658. The lowest BCUT2D eigenvalue weighted by Gasteiger charge is -2.14. The van der Waals surface area contributed by atoms with Crippen molar-refractivity contribution < 1.29 is 13.2 Å². The monoisotopic (exact) mass is 418 g/mol. The number of nitrogens with zero attached hydrogens (tertiary/aromatic N) is 2. The molecule has 0 fully saturated rings. The number of benzene rings is 2. The summed E-state index contributed by atoms with van der Waals surface area (Å²) in [4.78, 5) is 12.4. The van der Waals surface area contributed by atoms with E-state index in [-0.39, 0.29) is 10.9 Å². The van der Waals surface area contributed by atoms with Gasteiger partial charge in [0.15, 0.2) is 9.84 Å². The first-order valence-corrected chi connectivity index (χ1v) is 10.7. The van der Waals surface area contributed by atoms with Gasteiger partial charge in [-0.2, -0.15) is 5.10 Å². The molecule has 1 atom stereocenters. The maximum Gasteiger partial charge on any atom is 0.319 e. The second-order valence-corrected chi connectivity index (χ2v) is 8.71. The number of urea groups is 1. The van der Waals surface area contributed by atoms with Crippen molar-refractivity contribution in [2.75, 3.05) is 11.6 Å². The molecule has 0 aliphatic rings. The van der Waals surface area contributed by atoms with Crippen LogP contribution >= 0.6 is 11.6 Å². The van der Waals surface area contributed by atoms with Gasteiger partial charge in [-0.15, -0.1) is 0 Å². The number of rotatable bonds is 5. The molecule has 0 spiro atoms. The number of halogens is 1. The zero-order valence-electron chi connectivity index (χ0n) is 15.3. The fourth-order valence-corrected chi connectivity index (χ4v) is 3.67. The normalized spacial score (nSPS) is 12.4. The molecule has 0 saturated carbocycles. The van der Waals surface area contributed by atoms with Crippen LogP contribution in [-0.2, 0) is 9.84 Å². The number of aromatic nitrogens is 2. The molecular formula is C19H19ClN4O3S. The molecular weight excluding hydrogens is 400 g/mol. The van der Waals surface area contributed by atoms with Crippen molar-refractivity contribution >= 4 is 33.2 Å². The average molecular weight is 419 g/mol. The predicted octanol–water partition coefficient (Wildman–Crippen LogP) is 3.81. The summed E-state index contributed by atoms with van der Waals surface area (Å²) < 4.78 is 25.3. The van der Waals surface area contributed by atoms with Crippen molar-refractivity contribution in [3.05, 3.63) is 71.5 Å². The van der Waals surface area contributed by atoms with Crippen molar-refractivity contribution in [3.8, 4) is 5.69 Å². The van der Waals surface area contributed by atoms with E-state index in [1.54, 1.807) is 36.5 Å². The summed E-state index contributed by atoms with van der Waals surface area (Å²) in [5, 5.41) is 10.3. The van der Waals surface area contributed by atoms with Crippen LogP contribution < -0.4 is 10.6 Å². The summed E-state index contributed by atoms with van der Waals surface area (Å²) in [6.07, 6.45) is 4.14. The van der Waals surface area contributed by atoms with Crippen LogP contribution in [0, 0.1) is 0 Å². The summed E-state index contributed by atoms with van der Waals surface area (Å²) in [7, 11) is -3.41. The molecule has 0 saturated heterocycles. The van der Waals surface area contributed by atoms with Crippen molar-refractivity contribution in [2.24, 2.45) is 0 Å². The van der Waals surface area contributed by atoms with E-state index in [0.29, 0.717) is 16.4 Å². The Morgan fingerprint density at radius 2 is 1.82 bits per heavy atom. The Hall–Kier alpha value is -2.84. The lowest BCUT2D eigenvalue weighted by Crippen LogP contribution is -2.31.